The zero-order chi connectivity index (χ0) is 12.0. The van der Waals surface area contributed by atoms with Crippen molar-refractivity contribution in [1.29, 1.82) is 0 Å². The topological polar surface area (TPSA) is 40.5 Å². The second kappa shape index (κ2) is 13.4. The smallest absolute Gasteiger partial charge is 0.149 e. The van der Waals surface area contributed by atoms with Crippen LogP contribution in [0.15, 0.2) is 0 Å². The van der Waals surface area contributed by atoms with Crippen LogP contribution < -0.4 is 0 Å². The summed E-state index contributed by atoms with van der Waals surface area (Å²) in [6.45, 7) is 5.69. The van der Waals surface area contributed by atoms with Crippen molar-refractivity contribution in [2.24, 2.45) is 5.92 Å². The first-order chi connectivity index (χ1) is 6.91. The molecule has 1 N–H and O–H groups in total. The Morgan fingerprint density at radius 3 is 2.00 bits per heavy atom. The molecule has 0 radical (unpaired) electrons. The highest BCUT2D eigenvalue weighted by molar-refractivity contribution is 7.59. The fourth-order valence-corrected chi connectivity index (χ4v) is 1.92. The van der Waals surface area contributed by atoms with E-state index in [0.29, 0.717) is 0 Å². The van der Waals surface area contributed by atoms with Gasteiger partial charge in [-0.1, -0.05) is 41.5 Å². The number of aliphatic hydroxyl groups excluding tert-OH is 1. The number of hydrogen-bond donors (Lipinski definition) is 1. The van der Waals surface area contributed by atoms with Gasteiger partial charge < -0.3 is 5.11 Å². The molecule has 0 aliphatic rings. The van der Waals surface area contributed by atoms with Crippen molar-refractivity contribution < 1.29 is 9.90 Å². The molecule has 114 valence electrons. The van der Waals surface area contributed by atoms with Gasteiger partial charge in [0.1, 0.15) is 5.78 Å². The molecule has 0 saturated carbocycles. The van der Waals surface area contributed by atoms with Crippen LogP contribution in [0.3, 0.4) is 0 Å². The van der Waals surface area contributed by atoms with E-state index < -0.39 is 6.10 Å². The lowest BCUT2D eigenvalue weighted by atomic mass is 9.91. The van der Waals surface area contributed by atoms with Crippen molar-refractivity contribution >= 4 is 19.3 Å². The molecule has 18 heavy (non-hydrogen) atoms. The molecule has 3 nitrogen and oxygen atoms in total. The maximum Gasteiger partial charge on any atom is 0.149 e. The maximum atomic E-state index is 11.4. The Labute approximate surface area is 121 Å². The summed E-state index contributed by atoms with van der Waals surface area (Å²) in [6, 6.07) is -0.364. The lowest BCUT2D eigenvalue weighted by Crippen LogP contribution is -2.47. The Bertz CT molecular complexity index is 198. The van der Waals surface area contributed by atoms with Crippen molar-refractivity contribution in [3.63, 3.8) is 0 Å². The molecule has 0 amide bonds. The average molecular weight is 282 g/mol. The normalized spacial score (nSPS) is 14.6. The molecule has 3 unspecified atom stereocenters. The van der Waals surface area contributed by atoms with Gasteiger partial charge in [0.05, 0.1) is 12.1 Å². The zero-order valence-corrected chi connectivity index (χ0v) is 12.2. The van der Waals surface area contributed by atoms with Crippen LogP contribution in [0, 0.1) is 5.92 Å². The van der Waals surface area contributed by atoms with E-state index in [1.54, 1.807) is 11.8 Å². The lowest BCUT2D eigenvalue weighted by Gasteiger charge is -2.30. The first kappa shape index (κ1) is 26.5. The average Bonchev–Trinajstić information content (AvgIpc) is 2.12. The van der Waals surface area contributed by atoms with Crippen molar-refractivity contribution in [3.05, 3.63) is 0 Å². The third-order valence-electron chi connectivity index (χ3n) is 2.89. The van der Waals surface area contributed by atoms with Crippen LogP contribution in [0.5, 0.6) is 0 Å². The van der Waals surface area contributed by atoms with Gasteiger partial charge >= 0.3 is 0 Å². The number of hydrogen-bond acceptors (Lipinski definition) is 3. The molecular weight excluding hydrogens is 246 g/mol. The van der Waals surface area contributed by atoms with E-state index in [4.69, 9.17) is 0 Å². The Morgan fingerprint density at radius 2 is 1.72 bits per heavy atom. The molecule has 0 spiro atoms. The van der Waals surface area contributed by atoms with E-state index in [-0.39, 0.29) is 46.1 Å². The van der Waals surface area contributed by atoms with E-state index in [9.17, 15) is 9.90 Å². The predicted octanol–water partition coefficient (Wildman–Crippen LogP) is 3.08. The van der Waals surface area contributed by atoms with Crippen LogP contribution in [-0.2, 0) is 4.79 Å². The molecule has 0 aliphatic carbocycles. The highest BCUT2D eigenvalue weighted by Gasteiger charge is 2.29. The van der Waals surface area contributed by atoms with Gasteiger partial charge in [-0.05, 0) is 33.4 Å². The summed E-state index contributed by atoms with van der Waals surface area (Å²) < 4.78 is 0. The molecule has 0 fully saturated rings. The molecule has 3 atom stereocenters. The summed E-state index contributed by atoms with van der Waals surface area (Å²) in [5.74, 6) is 0.220. The minimum Gasteiger partial charge on any atom is -0.391 e. The van der Waals surface area contributed by atoms with Gasteiger partial charge in [0.15, 0.2) is 0 Å². The second-order valence-corrected chi connectivity index (χ2v) is 4.63. The van der Waals surface area contributed by atoms with Gasteiger partial charge in [0, 0.05) is 0 Å². The highest BCUT2D eigenvalue weighted by atomic mass is 32.1. The number of unbranched alkanes of at least 4 members (excludes halogenated alkanes) is 1. The second-order valence-electron chi connectivity index (χ2n) is 4.63. The summed E-state index contributed by atoms with van der Waals surface area (Å²) in [7, 11) is 3.67. The summed E-state index contributed by atoms with van der Waals surface area (Å²) in [4.78, 5) is 13.2. The number of nitrogens with zero attached hydrogens (tertiary/aromatic N) is 1. The largest absolute Gasteiger partial charge is 0.391 e. The fraction of sp³-hybridized carbons (Fsp3) is 0.929. The summed E-state index contributed by atoms with van der Waals surface area (Å²) in [6.07, 6.45) is 2.67. The van der Waals surface area contributed by atoms with Crippen LogP contribution in [0.2, 0.25) is 0 Å². The van der Waals surface area contributed by atoms with E-state index in [0.717, 1.165) is 19.3 Å². The summed E-state index contributed by atoms with van der Waals surface area (Å²) in [5, 5.41) is 10.1. The standard InChI is InChI=1S/C12H25NO2.2CH4.H2S/c1-6-7-8-9(2)12(15)11(10(3)14)13(4)5;;;/h9,11-12,15H,6-8H2,1-5H3;2*1H4;1H2. The van der Waals surface area contributed by atoms with Crippen LogP contribution in [-0.4, -0.2) is 42.0 Å². The minimum absolute atomic E-state index is 0. The molecule has 0 aromatic heterocycles. The third kappa shape index (κ3) is 8.95. The van der Waals surface area contributed by atoms with Gasteiger partial charge in [-0.2, -0.15) is 13.5 Å². The number of aliphatic hydroxyl groups is 1. The Hall–Kier alpha value is -0.0600. The number of carbonyl (C=O) groups is 1. The number of rotatable bonds is 7. The molecular formula is C14H35NO2S. The molecule has 0 aliphatic heterocycles. The summed E-state index contributed by atoms with van der Waals surface area (Å²) >= 11 is 0. The molecule has 0 rings (SSSR count). The summed E-state index contributed by atoms with van der Waals surface area (Å²) in [5.41, 5.74) is 0. The SMILES string of the molecule is C.C.CCCCC(C)C(O)C(C(C)=O)N(C)C.S. The molecule has 4 heteroatoms. The maximum absolute atomic E-state index is 11.4. The van der Waals surface area contributed by atoms with Gasteiger partial charge in [-0.25, -0.2) is 0 Å². The monoisotopic (exact) mass is 281 g/mol. The Morgan fingerprint density at radius 1 is 1.28 bits per heavy atom. The first-order valence-electron chi connectivity index (χ1n) is 5.76. The number of Topliss-reactive ketones (excluding diaryl/α,β-unsaturated/α-hetero) is 1. The quantitative estimate of drug-likeness (QED) is 0.779. The first-order valence-corrected chi connectivity index (χ1v) is 5.76. The number of ketones is 1. The van der Waals surface area contributed by atoms with Crippen molar-refractivity contribution in [1.82, 2.24) is 4.90 Å². The number of carbonyl (C=O) groups excluding carboxylic acids is 1. The minimum atomic E-state index is -0.552. The van der Waals surface area contributed by atoms with Gasteiger partial charge in [0.25, 0.3) is 0 Å². The van der Waals surface area contributed by atoms with E-state index in [1.807, 2.05) is 21.0 Å². The molecule has 0 saturated heterocycles. The van der Waals surface area contributed by atoms with E-state index in [2.05, 4.69) is 6.92 Å². The van der Waals surface area contributed by atoms with Gasteiger partial charge in [0.2, 0.25) is 0 Å². The third-order valence-corrected chi connectivity index (χ3v) is 2.89. The zero-order valence-electron chi connectivity index (χ0n) is 11.2. The van der Waals surface area contributed by atoms with Crippen molar-refractivity contribution in [2.75, 3.05) is 14.1 Å². The predicted molar refractivity (Wildman–Crippen MR) is 86.7 cm³/mol. The Kier molecular flexibility index (Phi) is 19.7. The van der Waals surface area contributed by atoms with Gasteiger partial charge in [-0.3, -0.25) is 9.69 Å². The molecule has 0 bridgehead atoms. The number of likely N-dealkylation sites (N-methyl/N-ethyl adjacent to an activating group) is 1. The fourth-order valence-electron chi connectivity index (χ4n) is 1.92. The van der Waals surface area contributed by atoms with Crippen LogP contribution in [0.1, 0.15) is 54.9 Å². The van der Waals surface area contributed by atoms with Crippen LogP contribution in [0.25, 0.3) is 0 Å². The van der Waals surface area contributed by atoms with Crippen LogP contribution in [0.4, 0.5) is 0 Å². The molecule has 0 aromatic rings. The van der Waals surface area contributed by atoms with E-state index in [1.165, 1.54) is 0 Å². The van der Waals surface area contributed by atoms with Gasteiger partial charge in [-0.15, -0.1) is 0 Å². The Balaban J connectivity index is -0.000000327. The molecule has 0 aromatic carbocycles. The van der Waals surface area contributed by atoms with E-state index >= 15 is 0 Å². The highest BCUT2D eigenvalue weighted by Crippen LogP contribution is 2.17. The molecule has 0 heterocycles. The lowest BCUT2D eigenvalue weighted by molar-refractivity contribution is -0.126. The van der Waals surface area contributed by atoms with Crippen LogP contribution >= 0.6 is 13.5 Å². The van der Waals surface area contributed by atoms with Crippen molar-refractivity contribution in [3.8, 4) is 0 Å². The van der Waals surface area contributed by atoms with Crippen molar-refractivity contribution in [2.45, 2.75) is 67.0 Å².